The number of ketones is 1. The minimum Gasteiger partial charge on any atom is -0.493 e. The van der Waals surface area contributed by atoms with Gasteiger partial charge in [0.05, 0.1) is 19.1 Å². The lowest BCUT2D eigenvalue weighted by molar-refractivity contribution is -0.384. The number of hydrogen-bond acceptors (Lipinski definition) is 6. The molecule has 0 aliphatic carbocycles. The summed E-state index contributed by atoms with van der Waals surface area (Å²) in [6, 6.07) is 18.6. The predicted octanol–water partition coefficient (Wildman–Crippen LogP) is 5.09. The maximum atomic E-state index is 12.4. The summed E-state index contributed by atoms with van der Waals surface area (Å²) < 4.78 is 16.8. The van der Waals surface area contributed by atoms with Gasteiger partial charge in [-0.15, -0.1) is 0 Å². The third-order valence-corrected chi connectivity index (χ3v) is 4.50. The van der Waals surface area contributed by atoms with E-state index in [9.17, 15) is 14.9 Å². The Morgan fingerprint density at radius 2 is 1.58 bits per heavy atom. The Bertz CT molecular complexity index is 1070. The van der Waals surface area contributed by atoms with E-state index in [1.54, 1.807) is 18.2 Å². The van der Waals surface area contributed by atoms with Crippen LogP contribution in [0.25, 0.3) is 6.08 Å². The average molecular weight is 419 g/mol. The summed E-state index contributed by atoms with van der Waals surface area (Å²) in [5.41, 5.74) is 1.96. The van der Waals surface area contributed by atoms with Crippen LogP contribution in [0.15, 0.2) is 72.8 Å². The molecule has 7 heteroatoms. The van der Waals surface area contributed by atoms with E-state index in [2.05, 4.69) is 0 Å². The predicted molar refractivity (Wildman–Crippen MR) is 117 cm³/mol. The van der Waals surface area contributed by atoms with E-state index >= 15 is 0 Å². The van der Waals surface area contributed by atoms with Crippen LogP contribution in [-0.4, -0.2) is 24.9 Å². The number of carbonyl (C=O) groups is 1. The highest BCUT2D eigenvalue weighted by Crippen LogP contribution is 2.39. The van der Waals surface area contributed by atoms with E-state index in [-0.39, 0.29) is 11.5 Å². The SMILES string of the molecule is COc1cc(/C=C/C(=O)c2ccc([N+](=O)[O-])cc2)cc(OC)c1OCc1ccccc1. The summed E-state index contributed by atoms with van der Waals surface area (Å²) in [7, 11) is 3.05. The van der Waals surface area contributed by atoms with Gasteiger partial charge in [0.2, 0.25) is 5.75 Å². The Balaban J connectivity index is 1.79. The first kappa shape index (κ1) is 21.6. The minimum atomic E-state index is -0.510. The molecule has 0 aliphatic rings. The van der Waals surface area contributed by atoms with Crippen LogP contribution >= 0.6 is 0 Å². The number of nitro benzene ring substituents is 1. The maximum absolute atomic E-state index is 12.4. The Kier molecular flexibility index (Phi) is 7.01. The lowest BCUT2D eigenvalue weighted by atomic mass is 10.1. The Hall–Kier alpha value is -4.13. The monoisotopic (exact) mass is 419 g/mol. The molecule has 0 radical (unpaired) electrons. The molecular weight excluding hydrogens is 398 g/mol. The average Bonchev–Trinajstić information content (AvgIpc) is 2.81. The fraction of sp³-hybridized carbons (Fsp3) is 0.125. The molecule has 0 atom stereocenters. The van der Waals surface area contributed by atoms with Crippen molar-refractivity contribution in [2.75, 3.05) is 14.2 Å². The first-order chi connectivity index (χ1) is 15.0. The zero-order valence-corrected chi connectivity index (χ0v) is 17.1. The van der Waals surface area contributed by atoms with Crippen LogP contribution in [0.5, 0.6) is 17.2 Å². The van der Waals surface area contributed by atoms with Crippen LogP contribution in [0.2, 0.25) is 0 Å². The Labute approximate surface area is 179 Å². The highest BCUT2D eigenvalue weighted by Gasteiger charge is 2.14. The van der Waals surface area contributed by atoms with E-state index in [1.165, 1.54) is 44.6 Å². The summed E-state index contributed by atoms with van der Waals surface area (Å²) in [5, 5.41) is 10.7. The molecule has 0 spiro atoms. The molecule has 3 aromatic carbocycles. The lowest BCUT2D eigenvalue weighted by Gasteiger charge is -2.15. The number of methoxy groups -OCH3 is 2. The molecule has 0 saturated heterocycles. The third-order valence-electron chi connectivity index (χ3n) is 4.50. The molecule has 7 nitrogen and oxygen atoms in total. The highest BCUT2D eigenvalue weighted by molar-refractivity contribution is 6.07. The molecule has 158 valence electrons. The molecule has 31 heavy (non-hydrogen) atoms. The number of nitro groups is 1. The molecule has 3 rings (SSSR count). The fourth-order valence-electron chi connectivity index (χ4n) is 2.88. The van der Waals surface area contributed by atoms with E-state index < -0.39 is 4.92 Å². The van der Waals surface area contributed by atoms with Gasteiger partial charge in [0.15, 0.2) is 17.3 Å². The second-order valence-electron chi connectivity index (χ2n) is 6.53. The van der Waals surface area contributed by atoms with Crippen LogP contribution in [0.4, 0.5) is 5.69 Å². The van der Waals surface area contributed by atoms with E-state index in [1.807, 2.05) is 30.3 Å². The number of benzene rings is 3. The number of hydrogen-bond donors (Lipinski definition) is 0. The summed E-state index contributed by atoms with van der Waals surface area (Å²) in [4.78, 5) is 22.6. The first-order valence-corrected chi connectivity index (χ1v) is 9.41. The van der Waals surface area contributed by atoms with Crippen molar-refractivity contribution in [1.82, 2.24) is 0 Å². The van der Waals surface area contributed by atoms with Gasteiger partial charge in [-0.1, -0.05) is 36.4 Å². The summed E-state index contributed by atoms with van der Waals surface area (Å²) in [6.07, 6.45) is 3.01. The first-order valence-electron chi connectivity index (χ1n) is 9.41. The van der Waals surface area contributed by atoms with Crippen molar-refractivity contribution >= 4 is 17.5 Å². The zero-order valence-electron chi connectivity index (χ0n) is 17.1. The standard InChI is InChI=1S/C24H21NO6/c1-29-22-14-18(8-13-21(26)19-9-11-20(12-10-19)25(27)28)15-23(30-2)24(22)31-16-17-6-4-3-5-7-17/h3-15H,16H2,1-2H3/b13-8+. The van der Waals surface area contributed by atoms with E-state index in [4.69, 9.17) is 14.2 Å². The topological polar surface area (TPSA) is 87.9 Å². The van der Waals surface area contributed by atoms with Gasteiger partial charge in [-0.25, -0.2) is 0 Å². The van der Waals surface area contributed by atoms with Crippen molar-refractivity contribution < 1.29 is 23.9 Å². The van der Waals surface area contributed by atoms with Crippen LogP contribution in [-0.2, 0) is 6.61 Å². The van der Waals surface area contributed by atoms with Gasteiger partial charge in [-0.3, -0.25) is 14.9 Å². The summed E-state index contributed by atoms with van der Waals surface area (Å²) in [5.74, 6) is 1.13. The van der Waals surface area contributed by atoms with Crippen LogP contribution in [0.3, 0.4) is 0 Å². The van der Waals surface area contributed by atoms with Crippen molar-refractivity contribution in [3.63, 3.8) is 0 Å². The molecule has 0 heterocycles. The van der Waals surface area contributed by atoms with Crippen LogP contribution in [0.1, 0.15) is 21.5 Å². The van der Waals surface area contributed by atoms with E-state index in [0.29, 0.717) is 35.0 Å². The quantitative estimate of drug-likeness (QED) is 0.208. The van der Waals surface area contributed by atoms with Crippen molar-refractivity contribution in [2.24, 2.45) is 0 Å². The summed E-state index contributed by atoms with van der Waals surface area (Å²) in [6.45, 7) is 0.349. The molecule has 0 N–H and O–H groups in total. The number of rotatable bonds is 9. The molecule has 0 aromatic heterocycles. The van der Waals surface area contributed by atoms with Crippen LogP contribution < -0.4 is 14.2 Å². The van der Waals surface area contributed by atoms with Crippen molar-refractivity contribution in [2.45, 2.75) is 6.61 Å². The molecule has 0 unspecified atom stereocenters. The number of nitrogens with zero attached hydrogens (tertiary/aromatic N) is 1. The van der Waals surface area contributed by atoms with Gasteiger partial charge in [0, 0.05) is 17.7 Å². The largest absolute Gasteiger partial charge is 0.493 e. The lowest BCUT2D eigenvalue weighted by Crippen LogP contribution is -2.00. The van der Waals surface area contributed by atoms with Gasteiger partial charge < -0.3 is 14.2 Å². The Morgan fingerprint density at radius 1 is 0.968 bits per heavy atom. The van der Waals surface area contributed by atoms with Gasteiger partial charge in [0.1, 0.15) is 6.61 Å². The van der Waals surface area contributed by atoms with Crippen molar-refractivity contribution in [3.05, 3.63) is 99.6 Å². The Morgan fingerprint density at radius 3 is 2.13 bits per heavy atom. The zero-order chi connectivity index (χ0) is 22.2. The molecular formula is C24H21NO6. The second kappa shape index (κ2) is 10.1. The molecule has 0 amide bonds. The third kappa shape index (κ3) is 5.48. The highest BCUT2D eigenvalue weighted by atomic mass is 16.6. The molecule has 3 aromatic rings. The maximum Gasteiger partial charge on any atom is 0.269 e. The normalized spacial score (nSPS) is 10.6. The molecule has 0 fully saturated rings. The smallest absolute Gasteiger partial charge is 0.269 e. The second-order valence-corrected chi connectivity index (χ2v) is 6.53. The molecule has 0 bridgehead atoms. The van der Waals surface area contributed by atoms with Gasteiger partial charge in [-0.05, 0) is 41.5 Å². The minimum absolute atomic E-state index is 0.0684. The van der Waals surface area contributed by atoms with Gasteiger partial charge >= 0.3 is 0 Å². The number of non-ortho nitro benzene ring substituents is 1. The van der Waals surface area contributed by atoms with Crippen molar-refractivity contribution in [3.8, 4) is 17.2 Å². The molecule has 0 aliphatic heterocycles. The molecule has 0 saturated carbocycles. The number of carbonyl (C=O) groups excluding carboxylic acids is 1. The number of ether oxygens (including phenoxy) is 3. The van der Waals surface area contributed by atoms with Gasteiger partial charge in [-0.2, -0.15) is 0 Å². The van der Waals surface area contributed by atoms with E-state index in [0.717, 1.165) is 5.56 Å². The van der Waals surface area contributed by atoms with Crippen molar-refractivity contribution in [1.29, 1.82) is 0 Å². The number of allylic oxidation sites excluding steroid dienone is 1. The van der Waals surface area contributed by atoms with Crippen LogP contribution in [0, 0.1) is 10.1 Å². The van der Waals surface area contributed by atoms with Gasteiger partial charge in [0.25, 0.3) is 5.69 Å². The fourth-order valence-corrected chi connectivity index (χ4v) is 2.88. The summed E-state index contributed by atoms with van der Waals surface area (Å²) >= 11 is 0.